The van der Waals surface area contributed by atoms with Crippen LogP contribution in [0, 0.1) is 0 Å². The van der Waals surface area contributed by atoms with E-state index in [1.165, 1.54) is 0 Å². The second-order valence-electron chi connectivity index (χ2n) is 6.24. The van der Waals surface area contributed by atoms with E-state index in [-0.39, 0.29) is 5.75 Å². The van der Waals surface area contributed by atoms with Crippen molar-refractivity contribution in [2.45, 2.75) is 38.5 Å². The summed E-state index contributed by atoms with van der Waals surface area (Å²) in [7, 11) is 0. The first-order valence-electron chi connectivity index (χ1n) is 7.72. The van der Waals surface area contributed by atoms with E-state index in [1.54, 1.807) is 20.8 Å². The van der Waals surface area contributed by atoms with Crippen molar-refractivity contribution in [3.63, 3.8) is 0 Å². The molecule has 0 radical (unpaired) electrons. The van der Waals surface area contributed by atoms with Crippen LogP contribution in [0.2, 0.25) is 0 Å². The highest BCUT2D eigenvalue weighted by Crippen LogP contribution is 2.06. The fourth-order valence-electron chi connectivity index (χ4n) is 1.53. The summed E-state index contributed by atoms with van der Waals surface area (Å²) in [6, 6.07) is -3.52. The van der Waals surface area contributed by atoms with Gasteiger partial charge in [-0.1, -0.05) is 0 Å². The van der Waals surface area contributed by atoms with Gasteiger partial charge in [0.15, 0.2) is 0 Å². The van der Waals surface area contributed by atoms with Crippen LogP contribution in [-0.2, 0) is 19.1 Å². The van der Waals surface area contributed by atoms with Crippen LogP contribution >= 0.6 is 12.6 Å². The number of hydrogen-bond donors (Lipinski definition) is 7. The molecule has 0 aliphatic carbocycles. The lowest BCUT2D eigenvalue weighted by atomic mass is 10.2. The van der Waals surface area contributed by atoms with Crippen molar-refractivity contribution in [2.24, 2.45) is 0 Å². The second-order valence-corrected chi connectivity index (χ2v) is 6.60. The monoisotopic (exact) mass is 408 g/mol. The van der Waals surface area contributed by atoms with E-state index < -0.39 is 60.7 Å². The number of thiol groups is 1. The Kier molecular flexibility index (Phi) is 10.00. The topological polar surface area (TPSA) is 183 Å². The summed E-state index contributed by atoms with van der Waals surface area (Å²) in [6.45, 7) is 3.67. The normalized spacial score (nSPS) is 12.9. The zero-order valence-corrected chi connectivity index (χ0v) is 16.0. The van der Waals surface area contributed by atoms with Crippen LogP contribution in [0.1, 0.15) is 20.8 Å². The summed E-state index contributed by atoms with van der Waals surface area (Å²) in [6.07, 6.45) is -0.974. The number of carboxylic acids is 2. The predicted molar refractivity (Wildman–Crippen MR) is 95.6 cm³/mol. The minimum atomic E-state index is -1.47. The molecule has 0 saturated heterocycles. The molecule has 0 aromatic carbocycles. The Bertz CT molecular complexity index is 578. The van der Waals surface area contributed by atoms with Gasteiger partial charge in [0.1, 0.15) is 24.2 Å². The molecule has 13 heteroatoms. The number of aliphatic carboxylic acids is 2. The number of rotatable bonds is 9. The number of carbonyl (C=O) groups excluding carboxylic acids is 3. The summed E-state index contributed by atoms with van der Waals surface area (Å²) in [5.41, 5.74) is -0.832. The number of amides is 4. The van der Waals surface area contributed by atoms with E-state index in [4.69, 9.17) is 14.9 Å². The van der Waals surface area contributed by atoms with Crippen molar-refractivity contribution >= 4 is 42.6 Å². The first-order valence-corrected chi connectivity index (χ1v) is 8.36. The Labute approximate surface area is 160 Å². The van der Waals surface area contributed by atoms with E-state index in [1.807, 2.05) is 0 Å². The Morgan fingerprint density at radius 2 is 1.59 bits per heavy atom. The van der Waals surface area contributed by atoms with Crippen LogP contribution in [0.5, 0.6) is 0 Å². The quantitative estimate of drug-likeness (QED) is 0.231. The molecule has 0 rings (SSSR count). The summed E-state index contributed by atoms with van der Waals surface area (Å²) >= 11 is 3.88. The van der Waals surface area contributed by atoms with Crippen LogP contribution < -0.4 is 21.3 Å². The third-order valence-corrected chi connectivity index (χ3v) is 3.04. The Hall–Kier alpha value is -2.70. The maximum absolute atomic E-state index is 11.8. The standard InChI is InChI=1S/C14H24N4O8S/c1-14(2,3)26-13(25)18-7(11(22)23)4-16-12(24)17-8(6-27)10(21)15-5-9(19)20/h7-8,27H,4-6H2,1-3H3,(H,15,21)(H,18,25)(H,19,20)(H,22,23)(H2,16,17,24). The molecule has 12 nitrogen and oxygen atoms in total. The lowest BCUT2D eigenvalue weighted by Gasteiger charge is -2.22. The van der Waals surface area contributed by atoms with E-state index in [0.717, 1.165) is 0 Å². The van der Waals surface area contributed by atoms with Gasteiger partial charge in [-0.2, -0.15) is 12.6 Å². The van der Waals surface area contributed by atoms with Gasteiger partial charge in [0, 0.05) is 5.75 Å². The van der Waals surface area contributed by atoms with Crippen molar-refractivity contribution in [3.8, 4) is 0 Å². The minimum absolute atomic E-state index is 0.128. The third-order valence-electron chi connectivity index (χ3n) is 2.67. The highest BCUT2D eigenvalue weighted by atomic mass is 32.1. The van der Waals surface area contributed by atoms with Gasteiger partial charge in [0.05, 0.1) is 6.54 Å². The van der Waals surface area contributed by atoms with Crippen LogP contribution in [0.15, 0.2) is 0 Å². The Balaban J connectivity index is 4.59. The molecular weight excluding hydrogens is 384 g/mol. The number of ether oxygens (including phenoxy) is 1. The maximum Gasteiger partial charge on any atom is 0.408 e. The highest BCUT2D eigenvalue weighted by molar-refractivity contribution is 7.80. The fraction of sp³-hybridized carbons (Fsp3) is 0.643. The van der Waals surface area contributed by atoms with Crippen molar-refractivity contribution in [1.82, 2.24) is 21.3 Å². The molecule has 0 aromatic rings. The van der Waals surface area contributed by atoms with Gasteiger partial charge in [0.25, 0.3) is 0 Å². The molecule has 6 N–H and O–H groups in total. The predicted octanol–water partition coefficient (Wildman–Crippen LogP) is -1.24. The zero-order valence-electron chi connectivity index (χ0n) is 15.1. The SMILES string of the molecule is CC(C)(C)OC(=O)NC(CNC(=O)NC(CS)C(=O)NCC(=O)O)C(=O)O. The molecule has 0 aliphatic rings. The molecule has 0 aliphatic heterocycles. The summed E-state index contributed by atoms with van der Waals surface area (Å²) in [5.74, 6) is -3.57. The molecule has 2 unspecified atom stereocenters. The number of hydrogen-bond acceptors (Lipinski definition) is 7. The van der Waals surface area contributed by atoms with Crippen LogP contribution in [0.3, 0.4) is 0 Å². The number of carboxylic acid groups (broad SMARTS) is 2. The third kappa shape index (κ3) is 11.5. The van der Waals surface area contributed by atoms with Crippen LogP contribution in [-0.4, -0.2) is 76.7 Å². The largest absolute Gasteiger partial charge is 0.480 e. The maximum atomic E-state index is 11.8. The molecule has 27 heavy (non-hydrogen) atoms. The average Bonchev–Trinajstić information content (AvgIpc) is 2.52. The van der Waals surface area contributed by atoms with Crippen molar-refractivity contribution < 1.29 is 38.9 Å². The molecule has 0 heterocycles. The van der Waals surface area contributed by atoms with Crippen molar-refractivity contribution in [2.75, 3.05) is 18.8 Å². The molecule has 0 fully saturated rings. The highest BCUT2D eigenvalue weighted by Gasteiger charge is 2.25. The van der Waals surface area contributed by atoms with Gasteiger partial charge in [0.2, 0.25) is 5.91 Å². The number of nitrogens with one attached hydrogen (secondary N) is 4. The summed E-state index contributed by atoms with van der Waals surface area (Å²) in [5, 5.41) is 26.2. The van der Waals surface area contributed by atoms with Crippen LogP contribution in [0.25, 0.3) is 0 Å². The van der Waals surface area contributed by atoms with E-state index in [0.29, 0.717) is 0 Å². The number of urea groups is 1. The van der Waals surface area contributed by atoms with Crippen molar-refractivity contribution in [3.05, 3.63) is 0 Å². The molecule has 4 amide bonds. The van der Waals surface area contributed by atoms with Gasteiger partial charge in [-0.3, -0.25) is 9.59 Å². The Morgan fingerprint density at radius 3 is 2.04 bits per heavy atom. The Morgan fingerprint density at radius 1 is 1.00 bits per heavy atom. The molecule has 154 valence electrons. The number of alkyl carbamates (subject to hydrolysis) is 1. The molecule has 0 bridgehead atoms. The molecule has 0 spiro atoms. The van der Waals surface area contributed by atoms with Crippen molar-refractivity contribution in [1.29, 1.82) is 0 Å². The summed E-state index contributed by atoms with van der Waals surface area (Å²) in [4.78, 5) is 56.7. The van der Waals surface area contributed by atoms with E-state index in [9.17, 15) is 24.0 Å². The van der Waals surface area contributed by atoms with E-state index in [2.05, 4.69) is 33.9 Å². The smallest absolute Gasteiger partial charge is 0.408 e. The molecular formula is C14H24N4O8S. The average molecular weight is 408 g/mol. The van der Waals surface area contributed by atoms with Crippen LogP contribution in [0.4, 0.5) is 9.59 Å². The molecule has 2 atom stereocenters. The van der Waals surface area contributed by atoms with Gasteiger partial charge < -0.3 is 36.2 Å². The molecule has 0 saturated carbocycles. The minimum Gasteiger partial charge on any atom is -0.480 e. The van der Waals surface area contributed by atoms with Gasteiger partial charge in [-0.25, -0.2) is 14.4 Å². The lowest BCUT2D eigenvalue weighted by Crippen LogP contribution is -2.55. The fourth-order valence-corrected chi connectivity index (χ4v) is 1.79. The van der Waals surface area contributed by atoms with Gasteiger partial charge >= 0.3 is 24.1 Å². The second kappa shape index (κ2) is 11.1. The van der Waals surface area contributed by atoms with Gasteiger partial charge in [-0.15, -0.1) is 0 Å². The first-order chi connectivity index (χ1) is 12.4. The van der Waals surface area contributed by atoms with E-state index >= 15 is 0 Å². The number of carbonyl (C=O) groups is 5. The molecule has 0 aromatic heterocycles. The summed E-state index contributed by atoms with van der Waals surface area (Å²) < 4.78 is 4.93. The first kappa shape index (κ1) is 24.3. The van der Waals surface area contributed by atoms with Gasteiger partial charge in [-0.05, 0) is 20.8 Å². The zero-order chi connectivity index (χ0) is 21.2. The lowest BCUT2D eigenvalue weighted by molar-refractivity contribution is -0.139.